The van der Waals surface area contributed by atoms with Gasteiger partial charge in [0.2, 0.25) is 0 Å². The lowest BCUT2D eigenvalue weighted by molar-refractivity contribution is 0.624. The minimum absolute atomic E-state index is 0.204. The Hall–Kier alpha value is -2.82. The molecular weight excluding hydrogens is 291 g/mol. The first-order chi connectivity index (χ1) is 11.1. The van der Waals surface area contributed by atoms with Gasteiger partial charge in [0.05, 0.1) is 11.9 Å². The van der Waals surface area contributed by atoms with Gasteiger partial charge in [0.15, 0.2) is 0 Å². The molecule has 1 heterocycles. The molecule has 2 N–H and O–H groups in total. The van der Waals surface area contributed by atoms with Crippen molar-refractivity contribution in [1.82, 2.24) is 10.2 Å². The van der Waals surface area contributed by atoms with Crippen LogP contribution in [0.25, 0.3) is 11.1 Å². The predicted octanol–water partition coefficient (Wildman–Crippen LogP) is 3.89. The van der Waals surface area contributed by atoms with E-state index in [2.05, 4.69) is 15.5 Å². The van der Waals surface area contributed by atoms with Crippen molar-refractivity contribution in [2.75, 3.05) is 24.3 Å². The van der Waals surface area contributed by atoms with Gasteiger partial charge < -0.3 is 10.2 Å². The molecule has 0 radical (unpaired) electrons. The van der Waals surface area contributed by atoms with Crippen molar-refractivity contribution in [1.29, 1.82) is 0 Å². The number of halogens is 1. The second-order valence-corrected chi connectivity index (χ2v) is 5.60. The zero-order valence-electron chi connectivity index (χ0n) is 13.2. The van der Waals surface area contributed by atoms with E-state index in [0.29, 0.717) is 12.2 Å². The van der Waals surface area contributed by atoms with Crippen LogP contribution in [0.5, 0.6) is 0 Å². The van der Waals surface area contributed by atoms with Gasteiger partial charge in [-0.1, -0.05) is 18.2 Å². The first-order valence-electron chi connectivity index (χ1n) is 7.42. The highest BCUT2D eigenvalue weighted by molar-refractivity contribution is 5.64. The largest absolute Gasteiger partial charge is 0.381 e. The molecule has 0 saturated carbocycles. The van der Waals surface area contributed by atoms with E-state index in [0.717, 1.165) is 22.4 Å². The molecule has 0 aliphatic carbocycles. The van der Waals surface area contributed by atoms with E-state index in [1.807, 2.05) is 50.6 Å². The smallest absolute Gasteiger partial charge is 0.146 e. The molecule has 0 saturated heterocycles. The predicted molar refractivity (Wildman–Crippen MR) is 92.1 cm³/mol. The summed E-state index contributed by atoms with van der Waals surface area (Å²) in [5.74, 6) is -0.204. The molecule has 118 valence electrons. The van der Waals surface area contributed by atoms with Crippen LogP contribution in [0.4, 0.5) is 15.8 Å². The molecule has 1 aromatic heterocycles. The Balaban J connectivity index is 1.65. The Morgan fingerprint density at radius 3 is 2.48 bits per heavy atom. The SMILES string of the molecule is CN(C)c1ccc(CNc2ccc(-c3cn[nH]c3)cc2)cc1F. The average molecular weight is 310 g/mol. The van der Waals surface area contributed by atoms with Crippen molar-refractivity contribution >= 4 is 11.4 Å². The van der Waals surface area contributed by atoms with Gasteiger partial charge in [0.25, 0.3) is 0 Å². The van der Waals surface area contributed by atoms with Crippen molar-refractivity contribution in [3.63, 3.8) is 0 Å². The number of H-pyrrole nitrogens is 1. The summed E-state index contributed by atoms with van der Waals surface area (Å²) in [6, 6.07) is 13.4. The van der Waals surface area contributed by atoms with Crippen LogP contribution in [0.3, 0.4) is 0 Å². The van der Waals surface area contributed by atoms with Gasteiger partial charge >= 0.3 is 0 Å². The molecule has 0 bridgehead atoms. The topological polar surface area (TPSA) is 44.0 Å². The summed E-state index contributed by atoms with van der Waals surface area (Å²) in [5.41, 5.74) is 4.66. The number of nitrogens with zero attached hydrogens (tertiary/aromatic N) is 2. The van der Waals surface area contributed by atoms with Gasteiger partial charge in [-0.2, -0.15) is 5.10 Å². The summed E-state index contributed by atoms with van der Waals surface area (Å²) in [6.45, 7) is 0.579. The van der Waals surface area contributed by atoms with Gasteiger partial charge in [-0.25, -0.2) is 4.39 Å². The standard InChI is InChI=1S/C18H19FN4/c1-23(2)18-8-3-13(9-17(18)19)10-20-16-6-4-14(5-7-16)15-11-21-22-12-15/h3-9,11-12,20H,10H2,1-2H3,(H,21,22). The fraction of sp³-hybridized carbons (Fsp3) is 0.167. The first kappa shape index (κ1) is 15.1. The molecule has 0 atom stereocenters. The summed E-state index contributed by atoms with van der Waals surface area (Å²) in [4.78, 5) is 1.77. The Morgan fingerprint density at radius 2 is 1.87 bits per heavy atom. The van der Waals surface area contributed by atoms with Crippen molar-refractivity contribution in [3.8, 4) is 11.1 Å². The lowest BCUT2D eigenvalue weighted by Crippen LogP contribution is -2.11. The lowest BCUT2D eigenvalue weighted by atomic mass is 10.1. The van der Waals surface area contributed by atoms with Crippen LogP contribution in [-0.4, -0.2) is 24.3 Å². The fourth-order valence-corrected chi connectivity index (χ4v) is 2.42. The molecule has 3 aromatic rings. The van der Waals surface area contributed by atoms with Gasteiger partial charge in [-0.3, -0.25) is 5.10 Å². The highest BCUT2D eigenvalue weighted by Crippen LogP contribution is 2.21. The maximum Gasteiger partial charge on any atom is 0.146 e. The molecule has 4 nitrogen and oxygen atoms in total. The van der Waals surface area contributed by atoms with Crippen LogP contribution in [0.2, 0.25) is 0 Å². The number of aromatic nitrogens is 2. The molecule has 0 fully saturated rings. The van der Waals surface area contributed by atoms with E-state index >= 15 is 0 Å². The number of anilines is 2. The molecule has 3 rings (SSSR count). The summed E-state index contributed by atoms with van der Waals surface area (Å²) in [5, 5.41) is 10.1. The van der Waals surface area contributed by atoms with E-state index in [1.54, 1.807) is 23.2 Å². The Labute approximate surface area is 135 Å². The fourth-order valence-electron chi connectivity index (χ4n) is 2.42. The van der Waals surface area contributed by atoms with E-state index in [9.17, 15) is 4.39 Å². The van der Waals surface area contributed by atoms with Crippen molar-refractivity contribution in [2.24, 2.45) is 0 Å². The first-order valence-corrected chi connectivity index (χ1v) is 7.42. The minimum Gasteiger partial charge on any atom is -0.381 e. The number of rotatable bonds is 5. The summed E-state index contributed by atoms with van der Waals surface area (Å²) < 4.78 is 14.0. The number of aromatic amines is 1. The van der Waals surface area contributed by atoms with Crippen LogP contribution in [0, 0.1) is 5.82 Å². The van der Waals surface area contributed by atoms with Crippen LogP contribution in [-0.2, 0) is 6.54 Å². The third-order valence-electron chi connectivity index (χ3n) is 3.71. The highest BCUT2D eigenvalue weighted by Gasteiger charge is 2.05. The average Bonchev–Trinajstić information content (AvgIpc) is 3.07. The van der Waals surface area contributed by atoms with Crippen LogP contribution < -0.4 is 10.2 Å². The zero-order chi connectivity index (χ0) is 16.2. The third kappa shape index (κ3) is 3.51. The molecule has 23 heavy (non-hydrogen) atoms. The number of hydrogen-bond donors (Lipinski definition) is 2. The molecular formula is C18H19FN4. The Kier molecular flexibility index (Phi) is 4.28. The summed E-state index contributed by atoms with van der Waals surface area (Å²) in [7, 11) is 3.66. The van der Waals surface area contributed by atoms with Gasteiger partial charge in [0, 0.05) is 38.1 Å². The third-order valence-corrected chi connectivity index (χ3v) is 3.71. The van der Waals surface area contributed by atoms with Crippen molar-refractivity contribution in [2.45, 2.75) is 6.54 Å². The van der Waals surface area contributed by atoms with Gasteiger partial charge in [-0.05, 0) is 35.4 Å². The molecule has 0 spiro atoms. The quantitative estimate of drug-likeness (QED) is 0.751. The summed E-state index contributed by atoms with van der Waals surface area (Å²) in [6.07, 6.45) is 3.65. The van der Waals surface area contributed by atoms with E-state index in [1.165, 1.54) is 0 Å². The molecule has 2 aromatic carbocycles. The highest BCUT2D eigenvalue weighted by atomic mass is 19.1. The second kappa shape index (κ2) is 6.52. The Bertz CT molecular complexity index is 764. The van der Waals surface area contributed by atoms with E-state index < -0.39 is 0 Å². The molecule has 0 amide bonds. The maximum absolute atomic E-state index is 14.0. The van der Waals surface area contributed by atoms with Crippen LogP contribution in [0.15, 0.2) is 54.9 Å². The summed E-state index contributed by atoms with van der Waals surface area (Å²) >= 11 is 0. The number of benzene rings is 2. The zero-order valence-corrected chi connectivity index (χ0v) is 13.2. The van der Waals surface area contributed by atoms with Gasteiger partial charge in [-0.15, -0.1) is 0 Å². The van der Waals surface area contributed by atoms with Crippen molar-refractivity contribution < 1.29 is 4.39 Å². The molecule has 0 unspecified atom stereocenters. The van der Waals surface area contributed by atoms with Crippen LogP contribution >= 0.6 is 0 Å². The normalized spacial score (nSPS) is 10.6. The second-order valence-electron chi connectivity index (χ2n) is 5.60. The molecule has 0 aliphatic heterocycles. The monoisotopic (exact) mass is 310 g/mol. The number of nitrogens with one attached hydrogen (secondary N) is 2. The molecule has 5 heteroatoms. The number of hydrogen-bond acceptors (Lipinski definition) is 3. The van der Waals surface area contributed by atoms with Gasteiger partial charge in [0.1, 0.15) is 5.82 Å². The Morgan fingerprint density at radius 1 is 1.09 bits per heavy atom. The lowest BCUT2D eigenvalue weighted by Gasteiger charge is -2.14. The van der Waals surface area contributed by atoms with E-state index in [4.69, 9.17) is 0 Å². The van der Waals surface area contributed by atoms with E-state index in [-0.39, 0.29) is 5.82 Å². The molecule has 0 aliphatic rings. The van der Waals surface area contributed by atoms with Crippen molar-refractivity contribution in [3.05, 3.63) is 66.2 Å². The van der Waals surface area contributed by atoms with Crippen LogP contribution in [0.1, 0.15) is 5.56 Å². The minimum atomic E-state index is -0.204. The maximum atomic E-state index is 14.0.